The molecular weight excluding hydrogens is 190 g/mol. The molecule has 0 fully saturated rings. The van der Waals surface area contributed by atoms with Crippen molar-refractivity contribution < 1.29 is 9.59 Å². The zero-order valence-corrected chi connectivity index (χ0v) is 9.32. The molecule has 78 valence electrons. The Morgan fingerprint density at radius 3 is 1.47 bits per heavy atom. The molecule has 0 saturated carbocycles. The van der Waals surface area contributed by atoms with Gasteiger partial charge in [-0.1, -0.05) is 0 Å². The van der Waals surface area contributed by atoms with Crippen LogP contribution in [0.25, 0.3) is 0 Å². The van der Waals surface area contributed by atoms with Crippen LogP contribution in [0.5, 0.6) is 0 Å². The van der Waals surface area contributed by atoms with Crippen molar-refractivity contribution in [3.05, 3.63) is 33.4 Å². The maximum Gasteiger partial charge on any atom is 0.258 e. The highest BCUT2D eigenvalue weighted by molar-refractivity contribution is 6.17. The minimum atomic E-state index is -0.273. The van der Waals surface area contributed by atoms with E-state index in [2.05, 4.69) is 5.32 Å². The lowest BCUT2D eigenvalue weighted by Crippen LogP contribution is -2.38. The zero-order chi connectivity index (χ0) is 11.3. The molecule has 1 aliphatic heterocycles. The number of benzene rings is 1. The SMILES string of the molecule is Cc1c(C)c2c(C)c(c1C)C(=O)NC2=O. The van der Waals surface area contributed by atoms with Gasteiger partial charge in [0.25, 0.3) is 11.8 Å². The van der Waals surface area contributed by atoms with Crippen LogP contribution in [0.15, 0.2) is 0 Å². The first-order valence-corrected chi connectivity index (χ1v) is 4.91. The van der Waals surface area contributed by atoms with Gasteiger partial charge >= 0.3 is 0 Å². The number of fused-ring (bicyclic) bond motifs is 2. The highest BCUT2D eigenvalue weighted by Crippen LogP contribution is 2.29. The summed E-state index contributed by atoms with van der Waals surface area (Å²) >= 11 is 0. The lowest BCUT2D eigenvalue weighted by atomic mass is 9.86. The molecule has 2 rings (SSSR count). The van der Waals surface area contributed by atoms with E-state index in [1.54, 1.807) is 0 Å². The molecule has 0 atom stereocenters. The van der Waals surface area contributed by atoms with Crippen molar-refractivity contribution in [2.75, 3.05) is 0 Å². The fourth-order valence-corrected chi connectivity index (χ4v) is 2.25. The molecular formula is C12H13NO2. The topological polar surface area (TPSA) is 46.2 Å². The van der Waals surface area contributed by atoms with Gasteiger partial charge in [-0.05, 0) is 49.9 Å². The second-order valence-corrected chi connectivity index (χ2v) is 4.03. The predicted octanol–water partition coefficient (Wildman–Crippen LogP) is 1.80. The van der Waals surface area contributed by atoms with Crippen LogP contribution in [0.1, 0.15) is 43.0 Å². The van der Waals surface area contributed by atoms with Gasteiger partial charge in [-0.25, -0.2) is 0 Å². The molecule has 15 heavy (non-hydrogen) atoms. The first-order chi connectivity index (χ1) is 6.95. The molecule has 1 aromatic rings. The van der Waals surface area contributed by atoms with E-state index in [0.717, 1.165) is 22.3 Å². The third-order valence-corrected chi connectivity index (χ3v) is 3.31. The standard InChI is InChI=1S/C12H13NO2/c1-5-6(2)9-8(4)10(7(5)3)12(15)13-11(9)14/h1-4H3,(H,13,14,15). The number of rotatable bonds is 0. The maximum atomic E-state index is 11.6. The number of amides is 2. The summed E-state index contributed by atoms with van der Waals surface area (Å²) in [5, 5.41) is 2.37. The highest BCUT2D eigenvalue weighted by Gasteiger charge is 2.29. The largest absolute Gasteiger partial charge is 0.288 e. The Hall–Kier alpha value is -1.64. The maximum absolute atomic E-state index is 11.6. The monoisotopic (exact) mass is 203 g/mol. The van der Waals surface area contributed by atoms with E-state index in [4.69, 9.17) is 0 Å². The van der Waals surface area contributed by atoms with E-state index in [1.807, 2.05) is 27.7 Å². The van der Waals surface area contributed by atoms with E-state index in [9.17, 15) is 9.59 Å². The van der Waals surface area contributed by atoms with Crippen LogP contribution in [0.4, 0.5) is 0 Å². The van der Waals surface area contributed by atoms with Gasteiger partial charge in [-0.15, -0.1) is 0 Å². The van der Waals surface area contributed by atoms with E-state index >= 15 is 0 Å². The summed E-state index contributed by atoms with van der Waals surface area (Å²) in [6.07, 6.45) is 0. The number of nitrogens with one attached hydrogen (secondary N) is 1. The fourth-order valence-electron chi connectivity index (χ4n) is 2.25. The molecule has 2 bridgehead atoms. The van der Waals surface area contributed by atoms with Gasteiger partial charge in [0.1, 0.15) is 0 Å². The summed E-state index contributed by atoms with van der Waals surface area (Å²) in [5.74, 6) is -0.545. The van der Waals surface area contributed by atoms with Gasteiger partial charge < -0.3 is 0 Å². The van der Waals surface area contributed by atoms with Gasteiger partial charge in [0.2, 0.25) is 0 Å². The first kappa shape index (κ1) is 9.90. The Morgan fingerprint density at radius 2 is 1.07 bits per heavy atom. The molecule has 1 heterocycles. The van der Waals surface area contributed by atoms with Crippen molar-refractivity contribution in [2.45, 2.75) is 27.7 Å². The molecule has 2 amide bonds. The predicted molar refractivity (Wildman–Crippen MR) is 57.2 cm³/mol. The minimum Gasteiger partial charge on any atom is -0.288 e. The quantitative estimate of drug-likeness (QED) is 0.653. The van der Waals surface area contributed by atoms with Crippen LogP contribution in [0.3, 0.4) is 0 Å². The summed E-state index contributed by atoms with van der Waals surface area (Å²) in [4.78, 5) is 23.3. The van der Waals surface area contributed by atoms with Gasteiger partial charge in [-0.2, -0.15) is 0 Å². The number of imide groups is 1. The van der Waals surface area contributed by atoms with E-state index in [1.165, 1.54) is 0 Å². The molecule has 0 spiro atoms. The third kappa shape index (κ3) is 1.12. The van der Waals surface area contributed by atoms with Gasteiger partial charge in [0, 0.05) is 11.1 Å². The minimum absolute atomic E-state index is 0.273. The normalized spacial score (nSPS) is 14.1. The summed E-state index contributed by atoms with van der Waals surface area (Å²) in [6.45, 7) is 7.62. The third-order valence-electron chi connectivity index (χ3n) is 3.31. The Kier molecular flexibility index (Phi) is 1.93. The molecule has 1 aliphatic rings. The van der Waals surface area contributed by atoms with Crippen molar-refractivity contribution in [1.29, 1.82) is 0 Å². The van der Waals surface area contributed by atoms with Crippen molar-refractivity contribution >= 4 is 11.8 Å². The van der Waals surface area contributed by atoms with Crippen molar-refractivity contribution in [3.63, 3.8) is 0 Å². The zero-order valence-electron chi connectivity index (χ0n) is 9.32. The molecule has 3 heteroatoms. The average molecular weight is 203 g/mol. The summed E-state index contributed by atoms with van der Waals surface area (Å²) in [7, 11) is 0. The van der Waals surface area contributed by atoms with Crippen molar-refractivity contribution in [1.82, 2.24) is 5.32 Å². The van der Waals surface area contributed by atoms with E-state index in [-0.39, 0.29) is 11.8 Å². The molecule has 3 nitrogen and oxygen atoms in total. The van der Waals surface area contributed by atoms with Gasteiger partial charge in [0.05, 0.1) is 0 Å². The molecule has 0 aliphatic carbocycles. The smallest absolute Gasteiger partial charge is 0.258 e. The Balaban J connectivity index is 2.95. The summed E-state index contributed by atoms with van der Waals surface area (Å²) in [6, 6.07) is 0. The highest BCUT2D eigenvalue weighted by atomic mass is 16.2. The number of hydrogen-bond donors (Lipinski definition) is 1. The Labute approximate surface area is 88.5 Å². The van der Waals surface area contributed by atoms with Crippen LogP contribution in [-0.4, -0.2) is 11.8 Å². The molecule has 1 aromatic carbocycles. The van der Waals surface area contributed by atoms with Crippen molar-refractivity contribution in [2.24, 2.45) is 0 Å². The molecule has 0 aromatic heterocycles. The van der Waals surface area contributed by atoms with Crippen LogP contribution >= 0.6 is 0 Å². The van der Waals surface area contributed by atoms with Crippen molar-refractivity contribution in [3.8, 4) is 0 Å². The van der Waals surface area contributed by atoms with E-state index < -0.39 is 0 Å². The Morgan fingerprint density at radius 1 is 0.667 bits per heavy atom. The number of carbonyl (C=O) groups excluding carboxylic acids is 2. The van der Waals surface area contributed by atoms with Crippen LogP contribution in [-0.2, 0) is 0 Å². The number of hydrogen-bond acceptors (Lipinski definition) is 2. The molecule has 0 unspecified atom stereocenters. The van der Waals surface area contributed by atoms with Gasteiger partial charge in [0.15, 0.2) is 0 Å². The lowest BCUT2D eigenvalue weighted by molar-refractivity contribution is 0.0838. The average Bonchev–Trinajstić information content (AvgIpc) is 2.13. The second kappa shape index (κ2) is 2.92. The van der Waals surface area contributed by atoms with Crippen LogP contribution in [0, 0.1) is 27.7 Å². The molecule has 0 saturated heterocycles. The van der Waals surface area contributed by atoms with Crippen LogP contribution < -0.4 is 5.32 Å². The lowest BCUT2D eigenvalue weighted by Gasteiger charge is -2.23. The Bertz CT molecular complexity index is 460. The molecule has 1 N–H and O–H groups in total. The fraction of sp³-hybridized carbons (Fsp3) is 0.333. The first-order valence-electron chi connectivity index (χ1n) is 4.91. The number of carbonyl (C=O) groups is 2. The van der Waals surface area contributed by atoms with E-state index in [0.29, 0.717) is 11.1 Å². The molecule has 0 radical (unpaired) electrons. The van der Waals surface area contributed by atoms with Gasteiger partial charge in [-0.3, -0.25) is 14.9 Å². The second-order valence-electron chi connectivity index (χ2n) is 4.03. The summed E-state index contributed by atoms with van der Waals surface area (Å²) in [5.41, 5.74) is 5.11. The van der Waals surface area contributed by atoms with Crippen LogP contribution in [0.2, 0.25) is 0 Å². The summed E-state index contributed by atoms with van der Waals surface area (Å²) < 4.78 is 0.